The fourth-order valence-corrected chi connectivity index (χ4v) is 4.51. The van der Waals surface area contributed by atoms with Crippen LogP contribution in [0.2, 0.25) is 0 Å². The zero-order chi connectivity index (χ0) is 25.0. The van der Waals surface area contributed by atoms with Gasteiger partial charge in [-0.2, -0.15) is 13.2 Å². The quantitative estimate of drug-likeness (QED) is 0.727. The number of hydrogen-bond donors (Lipinski definition) is 1. The van der Waals surface area contributed by atoms with Gasteiger partial charge in [0.15, 0.2) is 0 Å². The van der Waals surface area contributed by atoms with E-state index in [0.717, 1.165) is 31.7 Å². The van der Waals surface area contributed by atoms with Crippen LogP contribution in [-0.4, -0.2) is 84.1 Å². The molecule has 2 amide bonds. The van der Waals surface area contributed by atoms with Gasteiger partial charge < -0.3 is 19.8 Å². The fraction of sp³-hybridized carbons (Fsp3) is 0.636. The molecule has 3 rings (SSSR count). The lowest BCUT2D eigenvalue weighted by atomic mass is 9.74. The number of carboxylic acids is 1. The van der Waals surface area contributed by atoms with E-state index in [2.05, 4.69) is 9.88 Å². The van der Waals surface area contributed by atoms with E-state index in [1.807, 2.05) is 51.0 Å². The molecule has 3 heterocycles. The minimum absolute atomic E-state index is 0.0136. The fourth-order valence-electron chi connectivity index (χ4n) is 4.51. The largest absolute Gasteiger partial charge is 0.490 e. The second kappa shape index (κ2) is 10.4. The molecule has 0 aromatic carbocycles. The van der Waals surface area contributed by atoms with E-state index in [9.17, 15) is 22.8 Å². The van der Waals surface area contributed by atoms with Crippen LogP contribution in [0.25, 0.3) is 0 Å². The van der Waals surface area contributed by atoms with Crippen LogP contribution >= 0.6 is 0 Å². The van der Waals surface area contributed by atoms with E-state index in [-0.39, 0.29) is 23.7 Å². The van der Waals surface area contributed by atoms with Gasteiger partial charge in [0, 0.05) is 58.3 Å². The summed E-state index contributed by atoms with van der Waals surface area (Å²) in [5.41, 5.74) is -0.437. The third-order valence-corrected chi connectivity index (χ3v) is 6.04. The summed E-state index contributed by atoms with van der Waals surface area (Å²) in [6.45, 7) is 6.73. The maximum absolute atomic E-state index is 13.2. The Hall–Kier alpha value is -2.85. The Morgan fingerprint density at radius 3 is 2.33 bits per heavy atom. The molecule has 11 heteroatoms. The minimum Gasteiger partial charge on any atom is -0.475 e. The number of likely N-dealkylation sites (tertiary alicyclic amines) is 1. The predicted molar refractivity (Wildman–Crippen MR) is 115 cm³/mol. The Morgan fingerprint density at radius 1 is 1.21 bits per heavy atom. The number of pyridine rings is 1. The molecule has 2 fully saturated rings. The van der Waals surface area contributed by atoms with Crippen LogP contribution in [-0.2, 0) is 14.4 Å². The summed E-state index contributed by atoms with van der Waals surface area (Å²) in [5, 5.41) is 7.12. The molecule has 1 aromatic heterocycles. The van der Waals surface area contributed by atoms with Crippen molar-refractivity contribution in [1.29, 1.82) is 0 Å². The average Bonchev–Trinajstić information content (AvgIpc) is 3.01. The summed E-state index contributed by atoms with van der Waals surface area (Å²) in [6.07, 6.45) is -1.61. The van der Waals surface area contributed by atoms with E-state index >= 15 is 0 Å². The van der Waals surface area contributed by atoms with Crippen molar-refractivity contribution >= 4 is 23.6 Å². The lowest BCUT2D eigenvalue weighted by Gasteiger charge is -2.34. The number of carboxylic acid groups (broad SMARTS) is 1. The van der Waals surface area contributed by atoms with E-state index in [1.165, 1.54) is 0 Å². The molecule has 0 unspecified atom stereocenters. The van der Waals surface area contributed by atoms with Gasteiger partial charge in [0.2, 0.25) is 11.8 Å². The highest BCUT2D eigenvalue weighted by molar-refractivity contribution is 5.85. The second-order valence-electron chi connectivity index (χ2n) is 8.97. The van der Waals surface area contributed by atoms with Crippen molar-refractivity contribution in [2.75, 3.05) is 45.2 Å². The molecule has 1 N–H and O–H groups in total. The molecule has 2 aliphatic rings. The number of fused-ring (bicyclic) bond motifs is 1. The topological polar surface area (TPSA) is 94.1 Å². The SMILES string of the molecule is CC(C)C(=O)N1CCC[C@]2(C(=O)N(C)C)CN(c3ccccn3)C[C@@H]2C1.O=C(O)C(F)(F)F. The monoisotopic (exact) mass is 472 g/mol. The summed E-state index contributed by atoms with van der Waals surface area (Å²) in [7, 11) is 3.67. The number of amides is 2. The first-order valence-electron chi connectivity index (χ1n) is 10.8. The standard InChI is InChI=1S/C20H30N4O2.C2HF3O2/c1-15(2)18(25)23-11-7-9-20(19(26)22(3)4)14-24(13-16(20)12-23)17-8-5-6-10-21-17;3-2(4,5)1(6)7/h5-6,8,10,15-16H,7,9,11-14H2,1-4H3;(H,6,7)/t16-,20-;/m0./s1. The number of carbonyl (C=O) groups is 3. The van der Waals surface area contributed by atoms with Crippen LogP contribution in [0.15, 0.2) is 24.4 Å². The molecule has 2 aliphatic heterocycles. The molecule has 0 bridgehead atoms. The number of alkyl halides is 3. The Kier molecular flexibility index (Phi) is 8.31. The zero-order valence-electron chi connectivity index (χ0n) is 19.3. The van der Waals surface area contributed by atoms with Crippen LogP contribution < -0.4 is 4.90 Å². The molecule has 0 aliphatic carbocycles. The Bertz CT molecular complexity index is 848. The van der Waals surface area contributed by atoms with Crippen molar-refractivity contribution in [2.45, 2.75) is 32.9 Å². The first-order valence-corrected chi connectivity index (χ1v) is 10.8. The summed E-state index contributed by atoms with van der Waals surface area (Å²) < 4.78 is 31.7. The van der Waals surface area contributed by atoms with E-state index in [1.54, 1.807) is 11.1 Å². The van der Waals surface area contributed by atoms with Gasteiger partial charge in [-0.25, -0.2) is 9.78 Å². The summed E-state index contributed by atoms with van der Waals surface area (Å²) in [5.74, 6) is -1.36. The van der Waals surface area contributed by atoms with Crippen molar-refractivity contribution in [2.24, 2.45) is 17.3 Å². The molecule has 1 aromatic rings. The van der Waals surface area contributed by atoms with Gasteiger partial charge in [-0.1, -0.05) is 19.9 Å². The maximum atomic E-state index is 13.2. The third-order valence-electron chi connectivity index (χ3n) is 6.04. The predicted octanol–water partition coefficient (Wildman–Crippen LogP) is 2.50. The molecule has 2 saturated heterocycles. The van der Waals surface area contributed by atoms with E-state index < -0.39 is 17.6 Å². The Morgan fingerprint density at radius 2 is 1.85 bits per heavy atom. The first kappa shape index (κ1) is 26.4. The number of aliphatic carboxylic acids is 1. The number of halogens is 3. The zero-order valence-corrected chi connectivity index (χ0v) is 19.3. The smallest absolute Gasteiger partial charge is 0.475 e. The van der Waals surface area contributed by atoms with Crippen molar-refractivity contribution < 1.29 is 32.7 Å². The van der Waals surface area contributed by atoms with Gasteiger partial charge >= 0.3 is 12.1 Å². The number of anilines is 1. The van der Waals surface area contributed by atoms with Crippen molar-refractivity contribution in [3.8, 4) is 0 Å². The number of carbonyl (C=O) groups excluding carboxylic acids is 2. The molecule has 0 radical (unpaired) electrons. The second-order valence-corrected chi connectivity index (χ2v) is 8.97. The molecule has 0 spiro atoms. The number of rotatable bonds is 3. The Balaban J connectivity index is 0.000000479. The molecule has 33 heavy (non-hydrogen) atoms. The van der Waals surface area contributed by atoms with Gasteiger partial charge in [-0.05, 0) is 25.0 Å². The van der Waals surface area contributed by atoms with Gasteiger partial charge in [-0.15, -0.1) is 0 Å². The highest BCUT2D eigenvalue weighted by atomic mass is 19.4. The molecule has 0 saturated carbocycles. The van der Waals surface area contributed by atoms with E-state index in [0.29, 0.717) is 13.1 Å². The first-order chi connectivity index (χ1) is 15.3. The third kappa shape index (κ3) is 6.14. The summed E-state index contributed by atoms with van der Waals surface area (Å²) in [6, 6.07) is 5.88. The summed E-state index contributed by atoms with van der Waals surface area (Å²) in [4.78, 5) is 45.1. The van der Waals surface area contributed by atoms with Crippen LogP contribution in [0, 0.1) is 17.3 Å². The van der Waals surface area contributed by atoms with E-state index in [4.69, 9.17) is 9.90 Å². The highest BCUT2D eigenvalue weighted by Gasteiger charge is 2.54. The van der Waals surface area contributed by atoms with Gasteiger partial charge in [0.05, 0.1) is 5.41 Å². The van der Waals surface area contributed by atoms with Crippen LogP contribution in [0.5, 0.6) is 0 Å². The van der Waals surface area contributed by atoms with Crippen LogP contribution in [0.4, 0.5) is 19.0 Å². The van der Waals surface area contributed by atoms with Gasteiger partial charge in [-0.3, -0.25) is 9.59 Å². The number of nitrogens with zero attached hydrogens (tertiary/aromatic N) is 4. The Labute approximate surface area is 191 Å². The minimum atomic E-state index is -5.08. The van der Waals surface area contributed by atoms with Crippen LogP contribution in [0.3, 0.4) is 0 Å². The molecule has 184 valence electrons. The van der Waals surface area contributed by atoms with Gasteiger partial charge in [0.25, 0.3) is 0 Å². The molecular weight excluding hydrogens is 441 g/mol. The van der Waals surface area contributed by atoms with Crippen LogP contribution in [0.1, 0.15) is 26.7 Å². The van der Waals surface area contributed by atoms with Crippen molar-refractivity contribution in [1.82, 2.24) is 14.8 Å². The number of aromatic nitrogens is 1. The average molecular weight is 473 g/mol. The lowest BCUT2D eigenvalue weighted by molar-refractivity contribution is -0.192. The molecular formula is C22H31F3N4O4. The number of hydrogen-bond acceptors (Lipinski definition) is 5. The van der Waals surface area contributed by atoms with Crippen molar-refractivity contribution in [3.05, 3.63) is 24.4 Å². The summed E-state index contributed by atoms with van der Waals surface area (Å²) >= 11 is 0. The molecule has 8 nitrogen and oxygen atoms in total. The molecule has 2 atom stereocenters. The highest BCUT2D eigenvalue weighted by Crippen LogP contribution is 2.45. The van der Waals surface area contributed by atoms with Gasteiger partial charge in [0.1, 0.15) is 5.82 Å². The normalized spacial score (nSPS) is 22.7. The lowest BCUT2D eigenvalue weighted by Crippen LogP contribution is -2.48. The maximum Gasteiger partial charge on any atom is 0.490 e. The van der Waals surface area contributed by atoms with Crippen molar-refractivity contribution in [3.63, 3.8) is 0 Å².